The zero-order chi connectivity index (χ0) is 10.8. The van der Waals surface area contributed by atoms with E-state index < -0.39 is 0 Å². The molecular formula is C10H9BrClN3. The van der Waals surface area contributed by atoms with Crippen LogP contribution in [0.5, 0.6) is 0 Å². The Morgan fingerprint density at radius 2 is 2.00 bits per heavy atom. The van der Waals surface area contributed by atoms with Crippen LogP contribution >= 0.6 is 27.5 Å². The predicted molar refractivity (Wildman–Crippen MR) is 63.0 cm³/mol. The second-order valence-electron chi connectivity index (χ2n) is 3.31. The summed E-state index contributed by atoms with van der Waals surface area (Å²) in [6, 6.07) is 8.24. The van der Waals surface area contributed by atoms with Gasteiger partial charge in [0.25, 0.3) is 0 Å². The average molecular weight is 287 g/mol. The molecule has 0 bridgehead atoms. The van der Waals surface area contributed by atoms with Gasteiger partial charge in [0, 0.05) is 0 Å². The summed E-state index contributed by atoms with van der Waals surface area (Å²) in [5.41, 5.74) is 2.39. The highest BCUT2D eigenvalue weighted by Crippen LogP contribution is 2.19. The molecule has 0 saturated carbocycles. The number of benzene rings is 1. The highest BCUT2D eigenvalue weighted by atomic mass is 79.9. The first-order valence-electron chi connectivity index (χ1n) is 4.47. The molecule has 0 fully saturated rings. The van der Waals surface area contributed by atoms with Crippen molar-refractivity contribution in [2.75, 3.05) is 0 Å². The van der Waals surface area contributed by atoms with Crippen LogP contribution in [-0.4, -0.2) is 15.0 Å². The summed E-state index contributed by atoms with van der Waals surface area (Å²) in [4.78, 5) is 0. The first-order valence-corrected chi connectivity index (χ1v) is 5.64. The molecule has 3 nitrogen and oxygen atoms in total. The topological polar surface area (TPSA) is 30.7 Å². The fourth-order valence-corrected chi connectivity index (χ4v) is 1.65. The quantitative estimate of drug-likeness (QED) is 0.849. The van der Waals surface area contributed by atoms with E-state index in [-0.39, 0.29) is 0 Å². The van der Waals surface area contributed by atoms with Crippen molar-refractivity contribution in [2.45, 2.75) is 13.5 Å². The van der Waals surface area contributed by atoms with E-state index in [1.165, 1.54) is 5.56 Å². The molecule has 0 radical (unpaired) electrons. The molecule has 0 aliphatic heterocycles. The third-order valence-corrected chi connectivity index (χ3v) is 3.23. The summed E-state index contributed by atoms with van der Waals surface area (Å²) in [7, 11) is 0. The maximum absolute atomic E-state index is 5.98. The van der Waals surface area contributed by atoms with E-state index >= 15 is 0 Å². The monoisotopic (exact) mass is 285 g/mol. The van der Waals surface area contributed by atoms with Gasteiger partial charge in [-0.3, -0.25) is 0 Å². The van der Waals surface area contributed by atoms with Gasteiger partial charge in [-0.25, -0.2) is 4.68 Å². The van der Waals surface area contributed by atoms with E-state index in [2.05, 4.69) is 57.4 Å². The van der Waals surface area contributed by atoms with E-state index in [0.29, 0.717) is 16.3 Å². The lowest BCUT2D eigenvalue weighted by Crippen LogP contribution is -2.01. The Morgan fingerprint density at radius 3 is 2.53 bits per heavy atom. The highest BCUT2D eigenvalue weighted by molar-refractivity contribution is 9.10. The molecule has 0 aliphatic carbocycles. The van der Waals surface area contributed by atoms with E-state index in [0.717, 1.165) is 5.56 Å². The van der Waals surface area contributed by atoms with Gasteiger partial charge in [0.2, 0.25) is 0 Å². The van der Waals surface area contributed by atoms with Crippen LogP contribution < -0.4 is 0 Å². The Balaban J connectivity index is 2.22. The molecule has 5 heteroatoms. The largest absolute Gasteiger partial charge is 0.228 e. The van der Waals surface area contributed by atoms with E-state index in [9.17, 15) is 0 Å². The Bertz CT molecular complexity index is 464. The lowest BCUT2D eigenvalue weighted by molar-refractivity contribution is 0.650. The van der Waals surface area contributed by atoms with Gasteiger partial charge in [0.15, 0.2) is 9.76 Å². The Kier molecular flexibility index (Phi) is 3.07. The van der Waals surface area contributed by atoms with Gasteiger partial charge in [-0.15, -0.1) is 5.10 Å². The fraction of sp³-hybridized carbons (Fsp3) is 0.200. The Morgan fingerprint density at radius 1 is 1.33 bits per heavy atom. The van der Waals surface area contributed by atoms with Crippen molar-refractivity contribution in [3.8, 4) is 0 Å². The predicted octanol–water partition coefficient (Wildman–Crippen LogP) is 3.05. The maximum atomic E-state index is 5.98. The molecule has 0 saturated heterocycles. The lowest BCUT2D eigenvalue weighted by atomic mass is 10.1. The van der Waals surface area contributed by atoms with E-state index in [1.807, 2.05) is 0 Å². The smallest absolute Gasteiger partial charge is 0.167 e. The van der Waals surface area contributed by atoms with Gasteiger partial charge < -0.3 is 0 Å². The van der Waals surface area contributed by atoms with Gasteiger partial charge in [0.1, 0.15) is 0 Å². The number of hydrogen-bond acceptors (Lipinski definition) is 2. The van der Waals surface area contributed by atoms with Crippen molar-refractivity contribution in [1.82, 2.24) is 15.0 Å². The minimum Gasteiger partial charge on any atom is -0.228 e. The third kappa shape index (κ3) is 2.38. The maximum Gasteiger partial charge on any atom is 0.167 e. The highest BCUT2D eigenvalue weighted by Gasteiger charge is 2.07. The summed E-state index contributed by atoms with van der Waals surface area (Å²) >= 11 is 9.20. The van der Waals surface area contributed by atoms with Crippen molar-refractivity contribution >= 4 is 27.5 Å². The van der Waals surface area contributed by atoms with Gasteiger partial charge in [-0.1, -0.05) is 46.6 Å². The first kappa shape index (κ1) is 10.6. The molecular weight excluding hydrogens is 277 g/mol. The number of rotatable bonds is 2. The number of hydrogen-bond donors (Lipinski definition) is 0. The Hall–Kier alpha value is -0.870. The molecule has 1 heterocycles. The van der Waals surface area contributed by atoms with Crippen LogP contribution in [0, 0.1) is 6.92 Å². The number of halogens is 2. The van der Waals surface area contributed by atoms with Crippen LogP contribution in [0.4, 0.5) is 0 Å². The summed E-state index contributed by atoms with van der Waals surface area (Å²) in [5.74, 6) is 0. The first-order chi connectivity index (χ1) is 7.16. The fourth-order valence-electron chi connectivity index (χ4n) is 1.25. The molecule has 2 aromatic rings. The standard InChI is InChI=1S/C10H9BrClN3/c1-7-2-4-8(5-3-7)6-15-10(12)9(11)13-14-15/h2-5H,6H2,1H3. The van der Waals surface area contributed by atoms with Crippen LogP contribution in [0.1, 0.15) is 11.1 Å². The zero-order valence-corrected chi connectivity index (χ0v) is 10.5. The Labute approximate surface area is 101 Å². The molecule has 0 amide bonds. The van der Waals surface area contributed by atoms with Gasteiger partial charge >= 0.3 is 0 Å². The number of aromatic nitrogens is 3. The molecule has 78 valence electrons. The van der Waals surface area contributed by atoms with Crippen LogP contribution in [0.25, 0.3) is 0 Å². The van der Waals surface area contributed by atoms with Crippen molar-refractivity contribution in [1.29, 1.82) is 0 Å². The average Bonchev–Trinajstić information content (AvgIpc) is 2.53. The van der Waals surface area contributed by atoms with Crippen molar-refractivity contribution < 1.29 is 0 Å². The molecule has 15 heavy (non-hydrogen) atoms. The molecule has 0 unspecified atom stereocenters. The van der Waals surface area contributed by atoms with Gasteiger partial charge in [-0.05, 0) is 28.4 Å². The number of aryl methyl sites for hydroxylation is 1. The normalized spacial score (nSPS) is 10.6. The second-order valence-corrected chi connectivity index (χ2v) is 4.42. The van der Waals surface area contributed by atoms with Crippen LogP contribution in [0.15, 0.2) is 28.9 Å². The third-order valence-electron chi connectivity index (χ3n) is 2.09. The zero-order valence-electron chi connectivity index (χ0n) is 8.11. The van der Waals surface area contributed by atoms with Crippen molar-refractivity contribution in [2.24, 2.45) is 0 Å². The summed E-state index contributed by atoms with van der Waals surface area (Å²) in [6.07, 6.45) is 0. The second kappa shape index (κ2) is 4.33. The molecule has 1 aromatic heterocycles. The summed E-state index contributed by atoms with van der Waals surface area (Å²) < 4.78 is 2.23. The van der Waals surface area contributed by atoms with Crippen LogP contribution in [0.2, 0.25) is 5.15 Å². The minimum atomic E-state index is 0.524. The molecule has 2 rings (SSSR count). The number of nitrogens with zero attached hydrogens (tertiary/aromatic N) is 3. The molecule has 1 aromatic carbocycles. The van der Waals surface area contributed by atoms with Crippen LogP contribution in [0.3, 0.4) is 0 Å². The van der Waals surface area contributed by atoms with Crippen molar-refractivity contribution in [3.63, 3.8) is 0 Å². The molecule has 0 aliphatic rings. The van der Waals surface area contributed by atoms with Crippen LogP contribution in [-0.2, 0) is 6.54 Å². The minimum absolute atomic E-state index is 0.524. The van der Waals surface area contributed by atoms with E-state index in [1.54, 1.807) is 4.68 Å². The SMILES string of the molecule is Cc1ccc(Cn2nnc(Br)c2Cl)cc1. The van der Waals surface area contributed by atoms with Gasteiger partial charge in [-0.2, -0.15) is 0 Å². The van der Waals surface area contributed by atoms with E-state index in [4.69, 9.17) is 11.6 Å². The molecule has 0 spiro atoms. The molecule has 0 N–H and O–H groups in total. The lowest BCUT2D eigenvalue weighted by Gasteiger charge is -2.02. The van der Waals surface area contributed by atoms with Crippen molar-refractivity contribution in [3.05, 3.63) is 45.1 Å². The summed E-state index contributed by atoms with van der Waals surface area (Å²) in [6.45, 7) is 2.69. The summed E-state index contributed by atoms with van der Waals surface area (Å²) in [5, 5.41) is 8.27. The van der Waals surface area contributed by atoms with Gasteiger partial charge in [0.05, 0.1) is 6.54 Å². The molecule has 0 atom stereocenters.